The molecule has 0 aliphatic rings. The molecule has 0 saturated carbocycles. The zero-order valence-corrected chi connectivity index (χ0v) is 13.3. The summed E-state index contributed by atoms with van der Waals surface area (Å²) >= 11 is 0. The minimum atomic E-state index is -0.881. The molecule has 0 fully saturated rings. The monoisotopic (exact) mass is 317 g/mol. The SMILES string of the molecule is N=c1ncccn1C(C=O)(Cc1ccccc1)Cc1ccccc1. The average Bonchev–Trinajstić information content (AvgIpc) is 2.63. The molecule has 4 heteroatoms. The summed E-state index contributed by atoms with van der Waals surface area (Å²) in [5.41, 5.74) is 1.30. The topological polar surface area (TPSA) is 58.7 Å². The van der Waals surface area contributed by atoms with Crippen LogP contribution in [-0.4, -0.2) is 15.8 Å². The molecule has 0 unspecified atom stereocenters. The Morgan fingerprint density at radius 3 is 1.92 bits per heavy atom. The van der Waals surface area contributed by atoms with Crippen LogP contribution in [-0.2, 0) is 23.2 Å². The highest BCUT2D eigenvalue weighted by Gasteiger charge is 2.33. The van der Waals surface area contributed by atoms with Crippen LogP contribution in [0.2, 0.25) is 0 Å². The van der Waals surface area contributed by atoms with Crippen molar-refractivity contribution in [3.05, 3.63) is 95.9 Å². The van der Waals surface area contributed by atoms with Crippen molar-refractivity contribution in [2.24, 2.45) is 0 Å². The summed E-state index contributed by atoms with van der Waals surface area (Å²) in [6, 6.07) is 21.5. The molecule has 1 aromatic heterocycles. The maximum Gasteiger partial charge on any atom is 0.222 e. The third-order valence-corrected chi connectivity index (χ3v) is 4.15. The number of carbonyl (C=O) groups is 1. The third-order valence-electron chi connectivity index (χ3n) is 4.15. The Kier molecular flexibility index (Phi) is 4.66. The molecule has 3 rings (SSSR count). The van der Waals surface area contributed by atoms with Gasteiger partial charge in [0.05, 0.1) is 0 Å². The number of hydrogen-bond donors (Lipinski definition) is 1. The molecule has 0 aliphatic heterocycles. The molecular weight excluding hydrogens is 298 g/mol. The minimum absolute atomic E-state index is 0.0801. The van der Waals surface area contributed by atoms with Crippen LogP contribution in [0.3, 0.4) is 0 Å². The smallest absolute Gasteiger partial charge is 0.222 e. The van der Waals surface area contributed by atoms with Crippen LogP contribution < -0.4 is 5.62 Å². The van der Waals surface area contributed by atoms with E-state index >= 15 is 0 Å². The van der Waals surface area contributed by atoms with Gasteiger partial charge in [-0.15, -0.1) is 0 Å². The lowest BCUT2D eigenvalue weighted by Gasteiger charge is -2.31. The molecule has 120 valence electrons. The number of carbonyl (C=O) groups excluding carboxylic acids is 1. The van der Waals surface area contributed by atoms with Gasteiger partial charge >= 0.3 is 0 Å². The minimum Gasteiger partial charge on any atom is -0.304 e. The number of aromatic nitrogens is 2. The maximum atomic E-state index is 12.3. The maximum absolute atomic E-state index is 12.3. The molecule has 0 bridgehead atoms. The number of benzene rings is 2. The van der Waals surface area contributed by atoms with Crippen LogP contribution in [0.15, 0.2) is 79.1 Å². The largest absolute Gasteiger partial charge is 0.304 e. The van der Waals surface area contributed by atoms with E-state index in [1.165, 1.54) is 0 Å². The predicted octanol–water partition coefficient (Wildman–Crippen LogP) is 2.74. The highest BCUT2D eigenvalue weighted by Crippen LogP contribution is 2.24. The van der Waals surface area contributed by atoms with Crippen LogP contribution in [0.1, 0.15) is 11.1 Å². The quantitative estimate of drug-likeness (QED) is 0.711. The second-order valence-electron chi connectivity index (χ2n) is 5.86. The van der Waals surface area contributed by atoms with Crippen molar-refractivity contribution in [2.45, 2.75) is 18.4 Å². The first-order valence-corrected chi connectivity index (χ1v) is 7.86. The fourth-order valence-corrected chi connectivity index (χ4v) is 3.00. The van der Waals surface area contributed by atoms with Gasteiger partial charge in [0, 0.05) is 25.2 Å². The van der Waals surface area contributed by atoms with E-state index in [9.17, 15) is 4.79 Å². The van der Waals surface area contributed by atoms with Gasteiger partial charge in [-0.25, -0.2) is 4.98 Å². The highest BCUT2D eigenvalue weighted by atomic mass is 16.1. The van der Waals surface area contributed by atoms with E-state index < -0.39 is 5.54 Å². The lowest BCUT2D eigenvalue weighted by Crippen LogP contribution is -2.46. The van der Waals surface area contributed by atoms with Crippen molar-refractivity contribution in [1.29, 1.82) is 5.41 Å². The van der Waals surface area contributed by atoms with Crippen LogP contribution in [0, 0.1) is 5.41 Å². The van der Waals surface area contributed by atoms with E-state index in [1.807, 2.05) is 60.7 Å². The first-order chi connectivity index (χ1) is 11.7. The van der Waals surface area contributed by atoms with Crippen molar-refractivity contribution >= 4 is 6.29 Å². The predicted molar refractivity (Wildman–Crippen MR) is 92.4 cm³/mol. The van der Waals surface area contributed by atoms with Crippen molar-refractivity contribution in [3.8, 4) is 0 Å². The van der Waals surface area contributed by atoms with Crippen molar-refractivity contribution in [2.75, 3.05) is 0 Å². The molecule has 0 aliphatic carbocycles. The standard InChI is InChI=1S/C20H19N3O/c21-19-22-12-7-13-23(19)20(16-24,14-17-8-3-1-4-9-17)15-18-10-5-2-6-11-18/h1-13,16,21H,14-15H2. The Hall–Kier alpha value is -3.01. The fourth-order valence-electron chi connectivity index (χ4n) is 3.00. The van der Waals surface area contributed by atoms with Gasteiger partial charge in [0.2, 0.25) is 5.62 Å². The Balaban J connectivity index is 2.09. The number of nitrogens with one attached hydrogen (secondary N) is 1. The van der Waals surface area contributed by atoms with Gasteiger partial charge in [-0.3, -0.25) is 5.41 Å². The number of aldehydes is 1. The average molecular weight is 317 g/mol. The van der Waals surface area contributed by atoms with Crippen molar-refractivity contribution in [3.63, 3.8) is 0 Å². The van der Waals surface area contributed by atoms with Gasteiger partial charge in [0.15, 0.2) is 0 Å². The molecule has 24 heavy (non-hydrogen) atoms. The molecule has 0 radical (unpaired) electrons. The summed E-state index contributed by atoms with van der Waals surface area (Å²) < 4.78 is 1.67. The van der Waals surface area contributed by atoms with Gasteiger partial charge in [-0.2, -0.15) is 0 Å². The van der Waals surface area contributed by atoms with Gasteiger partial charge < -0.3 is 9.36 Å². The normalized spacial score (nSPS) is 11.2. The lowest BCUT2D eigenvalue weighted by molar-refractivity contribution is -0.115. The summed E-state index contributed by atoms with van der Waals surface area (Å²) in [4.78, 5) is 16.3. The van der Waals surface area contributed by atoms with Crippen LogP contribution in [0.5, 0.6) is 0 Å². The molecule has 2 aromatic carbocycles. The van der Waals surface area contributed by atoms with Crippen LogP contribution in [0.25, 0.3) is 0 Å². The zero-order chi connectivity index (χ0) is 16.8. The molecule has 0 spiro atoms. The molecule has 1 N–H and O–H groups in total. The first kappa shape index (κ1) is 15.9. The van der Waals surface area contributed by atoms with Gasteiger partial charge in [-0.1, -0.05) is 60.7 Å². The van der Waals surface area contributed by atoms with E-state index in [2.05, 4.69) is 4.98 Å². The summed E-state index contributed by atoms with van der Waals surface area (Å²) in [7, 11) is 0. The summed E-state index contributed by atoms with van der Waals surface area (Å²) in [5.74, 6) is 0. The number of hydrogen-bond acceptors (Lipinski definition) is 3. The Labute approximate surface area is 141 Å². The van der Waals surface area contributed by atoms with Crippen LogP contribution in [0.4, 0.5) is 0 Å². The highest BCUT2D eigenvalue weighted by molar-refractivity contribution is 5.64. The molecule has 4 nitrogen and oxygen atoms in total. The Morgan fingerprint density at radius 2 is 1.46 bits per heavy atom. The first-order valence-electron chi connectivity index (χ1n) is 7.86. The Bertz CT molecular complexity index is 815. The Morgan fingerprint density at radius 1 is 0.917 bits per heavy atom. The van der Waals surface area contributed by atoms with Crippen molar-refractivity contribution < 1.29 is 4.79 Å². The zero-order valence-electron chi connectivity index (χ0n) is 13.3. The summed E-state index contributed by atoms with van der Waals surface area (Å²) in [6.07, 6.45) is 5.30. The van der Waals surface area contributed by atoms with E-state index in [0.717, 1.165) is 17.4 Å². The van der Waals surface area contributed by atoms with Crippen LogP contribution >= 0.6 is 0 Å². The lowest BCUT2D eigenvalue weighted by atomic mass is 9.85. The number of nitrogens with zero attached hydrogens (tertiary/aromatic N) is 2. The van der Waals surface area contributed by atoms with E-state index in [4.69, 9.17) is 5.41 Å². The summed E-state index contributed by atoms with van der Waals surface area (Å²) in [5, 5.41) is 8.15. The van der Waals surface area contributed by atoms with Gasteiger partial charge in [0.25, 0.3) is 0 Å². The van der Waals surface area contributed by atoms with E-state index in [1.54, 1.807) is 23.0 Å². The molecule has 3 aromatic rings. The summed E-state index contributed by atoms with van der Waals surface area (Å²) in [6.45, 7) is 0. The molecule has 0 amide bonds. The molecule has 0 saturated heterocycles. The second-order valence-corrected chi connectivity index (χ2v) is 5.86. The molecular formula is C20H19N3O. The number of rotatable bonds is 6. The molecule has 1 heterocycles. The fraction of sp³-hybridized carbons (Fsp3) is 0.150. The third kappa shape index (κ3) is 3.33. The van der Waals surface area contributed by atoms with E-state index in [0.29, 0.717) is 12.8 Å². The van der Waals surface area contributed by atoms with Gasteiger partial charge in [-0.05, 0) is 17.2 Å². The molecule has 0 atom stereocenters. The second kappa shape index (κ2) is 7.04. The van der Waals surface area contributed by atoms with Gasteiger partial charge in [0.1, 0.15) is 11.8 Å². The van der Waals surface area contributed by atoms with Crippen molar-refractivity contribution in [1.82, 2.24) is 9.55 Å². The van der Waals surface area contributed by atoms with E-state index in [-0.39, 0.29) is 5.62 Å².